The molecule has 0 atom stereocenters. The molecule has 8 heteroatoms. The van der Waals surface area contributed by atoms with E-state index in [2.05, 4.69) is 0 Å². The number of aliphatic imine (C=N–C) groups is 1. The summed E-state index contributed by atoms with van der Waals surface area (Å²) in [5, 5.41) is 2.43. The smallest absolute Gasteiger partial charge is 0.271 e. The van der Waals surface area contributed by atoms with E-state index < -0.39 is 0 Å². The van der Waals surface area contributed by atoms with Crippen molar-refractivity contribution in [2.45, 2.75) is 6.61 Å². The van der Waals surface area contributed by atoms with Gasteiger partial charge in [0, 0.05) is 15.1 Å². The summed E-state index contributed by atoms with van der Waals surface area (Å²) in [6.45, 7) is 0.413. The van der Waals surface area contributed by atoms with E-state index >= 15 is 0 Å². The zero-order valence-corrected chi connectivity index (χ0v) is 22.4. The number of halogens is 3. The number of hydrogen-bond acceptors (Lipinski definition) is 4. The summed E-state index contributed by atoms with van der Waals surface area (Å²) in [5.74, 6) is 0.557. The first-order valence-corrected chi connectivity index (χ1v) is 13.2. The maximum atomic E-state index is 13.5. The molecule has 0 aliphatic carbocycles. The van der Waals surface area contributed by atoms with E-state index in [0.717, 1.165) is 16.9 Å². The van der Waals surface area contributed by atoms with Gasteiger partial charge in [-0.15, -0.1) is 0 Å². The van der Waals surface area contributed by atoms with Crippen LogP contribution in [0, 0.1) is 0 Å². The Morgan fingerprint density at radius 2 is 1.49 bits per heavy atom. The number of rotatable bonds is 6. The van der Waals surface area contributed by atoms with Gasteiger partial charge in [0.05, 0.1) is 16.3 Å². The van der Waals surface area contributed by atoms with Gasteiger partial charge >= 0.3 is 0 Å². The highest BCUT2D eigenvalue weighted by Gasteiger charge is 2.34. The number of benzene rings is 4. The van der Waals surface area contributed by atoms with Crippen LogP contribution in [0.5, 0.6) is 5.75 Å². The van der Waals surface area contributed by atoms with Crippen molar-refractivity contribution in [1.82, 2.24) is 0 Å². The average Bonchev–Trinajstić information content (AvgIpc) is 3.19. The van der Waals surface area contributed by atoms with Crippen molar-refractivity contribution in [3.63, 3.8) is 0 Å². The van der Waals surface area contributed by atoms with Crippen molar-refractivity contribution in [3.8, 4) is 5.75 Å². The molecular weight excluding hydrogens is 547 g/mol. The van der Waals surface area contributed by atoms with Crippen molar-refractivity contribution >= 4 is 75.1 Å². The van der Waals surface area contributed by atoms with Gasteiger partial charge < -0.3 is 4.74 Å². The van der Waals surface area contributed by atoms with E-state index in [1.165, 1.54) is 11.8 Å². The third kappa shape index (κ3) is 6.38. The van der Waals surface area contributed by atoms with Crippen LogP contribution in [-0.2, 0) is 11.4 Å². The first-order valence-electron chi connectivity index (χ1n) is 11.3. The van der Waals surface area contributed by atoms with Crippen LogP contribution >= 0.6 is 46.6 Å². The average molecular weight is 566 g/mol. The van der Waals surface area contributed by atoms with E-state index in [4.69, 9.17) is 44.5 Å². The summed E-state index contributed by atoms with van der Waals surface area (Å²) in [6, 6.07) is 29.4. The molecule has 0 bridgehead atoms. The molecule has 5 rings (SSSR count). The number of carbonyl (C=O) groups is 1. The van der Waals surface area contributed by atoms with E-state index in [1.54, 1.807) is 41.3 Å². The predicted octanol–water partition coefficient (Wildman–Crippen LogP) is 9.03. The van der Waals surface area contributed by atoms with Gasteiger partial charge in [0.1, 0.15) is 12.4 Å². The fraction of sp³-hybridized carbons (Fsp3) is 0.0345. The number of anilines is 1. The van der Waals surface area contributed by atoms with Crippen LogP contribution < -0.4 is 9.64 Å². The Morgan fingerprint density at radius 1 is 0.811 bits per heavy atom. The van der Waals surface area contributed by atoms with Crippen LogP contribution in [0.2, 0.25) is 15.1 Å². The maximum absolute atomic E-state index is 13.5. The number of hydrogen-bond donors (Lipinski definition) is 0. The second-order valence-electron chi connectivity index (χ2n) is 8.09. The molecule has 4 aromatic rings. The molecule has 1 aliphatic heterocycles. The number of ether oxygens (including phenoxy) is 1. The minimum atomic E-state index is -0.165. The predicted molar refractivity (Wildman–Crippen MR) is 155 cm³/mol. The van der Waals surface area contributed by atoms with Crippen LogP contribution in [0.4, 0.5) is 11.4 Å². The zero-order chi connectivity index (χ0) is 25.8. The summed E-state index contributed by atoms with van der Waals surface area (Å²) in [7, 11) is 0. The highest BCUT2D eigenvalue weighted by Crippen LogP contribution is 2.38. The van der Waals surface area contributed by atoms with Crippen molar-refractivity contribution in [2.24, 2.45) is 4.99 Å². The minimum absolute atomic E-state index is 0.165. The molecule has 184 valence electrons. The Labute approximate surface area is 234 Å². The van der Waals surface area contributed by atoms with E-state index in [9.17, 15) is 4.79 Å². The summed E-state index contributed by atoms with van der Waals surface area (Å²) < 4.78 is 5.87. The molecule has 4 nitrogen and oxygen atoms in total. The van der Waals surface area contributed by atoms with Crippen LogP contribution in [0.1, 0.15) is 11.1 Å². The Morgan fingerprint density at radius 3 is 2.16 bits per heavy atom. The first kappa shape index (κ1) is 25.4. The number of carbonyl (C=O) groups excluding carboxylic acids is 1. The molecule has 4 aromatic carbocycles. The zero-order valence-electron chi connectivity index (χ0n) is 19.3. The molecule has 1 amide bonds. The lowest BCUT2D eigenvalue weighted by Crippen LogP contribution is -2.28. The third-order valence-electron chi connectivity index (χ3n) is 5.41. The molecule has 0 radical (unpaired) electrons. The van der Waals surface area contributed by atoms with Crippen molar-refractivity contribution in [3.05, 3.63) is 128 Å². The number of amides is 1. The monoisotopic (exact) mass is 564 g/mol. The minimum Gasteiger partial charge on any atom is -0.489 e. The summed E-state index contributed by atoms with van der Waals surface area (Å²) >= 11 is 19.4. The third-order valence-corrected chi connectivity index (χ3v) is 7.12. The van der Waals surface area contributed by atoms with Crippen LogP contribution in [0.25, 0.3) is 6.08 Å². The van der Waals surface area contributed by atoms with Gasteiger partial charge in [-0.3, -0.25) is 9.69 Å². The van der Waals surface area contributed by atoms with E-state index in [0.29, 0.717) is 43.1 Å². The maximum Gasteiger partial charge on any atom is 0.271 e. The van der Waals surface area contributed by atoms with Crippen LogP contribution in [0.3, 0.4) is 0 Å². The lowest BCUT2D eigenvalue weighted by atomic mass is 10.2. The highest BCUT2D eigenvalue weighted by molar-refractivity contribution is 8.19. The van der Waals surface area contributed by atoms with Gasteiger partial charge in [-0.05, 0) is 102 Å². The molecule has 0 aromatic heterocycles. The Kier molecular flexibility index (Phi) is 7.87. The topological polar surface area (TPSA) is 41.9 Å². The summed E-state index contributed by atoms with van der Waals surface area (Å²) in [4.78, 5) is 20.3. The summed E-state index contributed by atoms with van der Waals surface area (Å²) in [5.41, 5.74) is 3.24. The van der Waals surface area contributed by atoms with Crippen molar-refractivity contribution < 1.29 is 9.53 Å². The SMILES string of the molecule is O=C1/C(=C/c2ccc(OCc3cccc(Cl)c3)cc2)SC(=Nc2ccc(Cl)cc2)N1c1ccc(Cl)cc1. The van der Waals surface area contributed by atoms with E-state index in [1.807, 2.05) is 66.7 Å². The molecule has 37 heavy (non-hydrogen) atoms. The second kappa shape index (κ2) is 11.4. The van der Waals surface area contributed by atoms with Crippen molar-refractivity contribution in [1.29, 1.82) is 0 Å². The van der Waals surface area contributed by atoms with Gasteiger partial charge in [-0.1, -0.05) is 59.1 Å². The summed E-state index contributed by atoms with van der Waals surface area (Å²) in [6.07, 6.45) is 1.85. The van der Waals surface area contributed by atoms with Gasteiger partial charge in [0.25, 0.3) is 5.91 Å². The second-order valence-corrected chi connectivity index (χ2v) is 10.4. The number of amidine groups is 1. The molecule has 1 fully saturated rings. The molecule has 1 aliphatic rings. The fourth-order valence-corrected chi connectivity index (χ4v) is 5.06. The first-order chi connectivity index (χ1) is 17.9. The number of nitrogens with zero attached hydrogens (tertiary/aromatic N) is 2. The Balaban J connectivity index is 1.38. The Hall–Kier alpha value is -3.22. The lowest BCUT2D eigenvalue weighted by Gasteiger charge is -2.15. The molecule has 1 saturated heterocycles. The van der Waals surface area contributed by atoms with Gasteiger partial charge in [0.15, 0.2) is 5.17 Å². The van der Waals surface area contributed by atoms with Crippen LogP contribution in [-0.4, -0.2) is 11.1 Å². The molecular formula is C29H19Cl3N2O2S. The van der Waals surface area contributed by atoms with Gasteiger partial charge in [0.2, 0.25) is 0 Å². The molecule has 1 heterocycles. The molecule has 0 spiro atoms. The normalized spacial score (nSPS) is 15.5. The number of thioether (sulfide) groups is 1. The molecule has 0 N–H and O–H groups in total. The quantitative estimate of drug-likeness (QED) is 0.219. The van der Waals surface area contributed by atoms with Crippen LogP contribution in [0.15, 0.2) is 107 Å². The fourth-order valence-electron chi connectivity index (χ4n) is 3.60. The van der Waals surface area contributed by atoms with Gasteiger partial charge in [-0.2, -0.15) is 0 Å². The van der Waals surface area contributed by atoms with E-state index in [-0.39, 0.29) is 5.91 Å². The largest absolute Gasteiger partial charge is 0.489 e. The Bertz CT molecular complexity index is 1490. The molecule has 0 unspecified atom stereocenters. The molecule has 0 saturated carbocycles. The standard InChI is InChI=1S/C29H19Cl3N2O2S/c30-21-6-10-24(11-7-21)33-29-34(25-12-8-22(31)9-13-25)28(35)27(37-29)17-19-4-14-26(15-5-19)36-18-20-2-1-3-23(32)16-20/h1-17H,18H2/b27-17-,33-29?. The highest BCUT2D eigenvalue weighted by atomic mass is 35.5. The van der Waals surface area contributed by atoms with Crippen molar-refractivity contribution in [2.75, 3.05) is 4.90 Å². The lowest BCUT2D eigenvalue weighted by molar-refractivity contribution is -0.113. The van der Waals surface area contributed by atoms with Gasteiger partial charge in [-0.25, -0.2) is 4.99 Å².